The minimum Gasteiger partial charge on any atom is -0.375 e. The number of hydrogen-bond donors (Lipinski definition) is 2. The third-order valence-electron chi connectivity index (χ3n) is 4.93. The SMILES string of the molecule is Nc1nc2ccc(CC(=O)Nc3nc(-c4ccc(Br)cc4)c(-c4ccc(Br)cc4)s3)cc2s1. The molecule has 0 aliphatic carbocycles. The number of benzene rings is 3. The van der Waals surface area contributed by atoms with Crippen molar-refractivity contribution in [3.05, 3.63) is 81.2 Å². The van der Waals surface area contributed by atoms with Crippen LogP contribution in [0.1, 0.15) is 5.56 Å². The molecule has 5 rings (SSSR count). The molecule has 0 radical (unpaired) electrons. The Morgan fingerprint density at radius 3 is 2.24 bits per heavy atom. The molecule has 0 saturated heterocycles. The van der Waals surface area contributed by atoms with E-state index >= 15 is 0 Å². The summed E-state index contributed by atoms with van der Waals surface area (Å²) in [4.78, 5) is 22.9. The van der Waals surface area contributed by atoms with Gasteiger partial charge in [-0.05, 0) is 47.5 Å². The van der Waals surface area contributed by atoms with Gasteiger partial charge in [0.15, 0.2) is 10.3 Å². The van der Waals surface area contributed by atoms with Gasteiger partial charge >= 0.3 is 0 Å². The van der Waals surface area contributed by atoms with Crippen LogP contribution in [0.15, 0.2) is 75.7 Å². The van der Waals surface area contributed by atoms with E-state index in [1.807, 2.05) is 66.7 Å². The third-order valence-corrected chi connectivity index (χ3v) is 7.86. The van der Waals surface area contributed by atoms with Gasteiger partial charge in [0.05, 0.1) is 27.2 Å². The van der Waals surface area contributed by atoms with Crippen LogP contribution >= 0.6 is 54.5 Å². The Kier molecular flexibility index (Phi) is 6.29. The molecule has 0 fully saturated rings. The monoisotopic (exact) mass is 598 g/mol. The lowest BCUT2D eigenvalue weighted by Crippen LogP contribution is -2.14. The molecular formula is C24H16Br2N4OS2. The molecule has 33 heavy (non-hydrogen) atoms. The second-order valence-corrected chi connectivity index (χ2v) is 11.2. The predicted molar refractivity (Wildman–Crippen MR) is 145 cm³/mol. The molecule has 0 spiro atoms. The van der Waals surface area contributed by atoms with Crippen LogP contribution in [-0.4, -0.2) is 15.9 Å². The number of nitrogens with zero attached hydrogens (tertiary/aromatic N) is 2. The van der Waals surface area contributed by atoms with E-state index in [1.54, 1.807) is 0 Å². The van der Waals surface area contributed by atoms with Gasteiger partial charge in [0.1, 0.15) is 0 Å². The maximum Gasteiger partial charge on any atom is 0.230 e. The third kappa shape index (κ3) is 5.01. The van der Waals surface area contributed by atoms with E-state index in [-0.39, 0.29) is 12.3 Å². The zero-order valence-corrected chi connectivity index (χ0v) is 21.8. The van der Waals surface area contributed by atoms with Gasteiger partial charge in [0, 0.05) is 14.5 Å². The van der Waals surface area contributed by atoms with Crippen LogP contribution in [-0.2, 0) is 11.2 Å². The summed E-state index contributed by atoms with van der Waals surface area (Å²) in [7, 11) is 0. The van der Waals surface area contributed by atoms with Crippen molar-refractivity contribution >= 4 is 80.9 Å². The molecular weight excluding hydrogens is 584 g/mol. The molecule has 0 unspecified atom stereocenters. The van der Waals surface area contributed by atoms with E-state index in [4.69, 9.17) is 10.7 Å². The van der Waals surface area contributed by atoms with Crippen molar-refractivity contribution in [2.45, 2.75) is 6.42 Å². The van der Waals surface area contributed by atoms with Crippen molar-refractivity contribution in [1.82, 2.24) is 9.97 Å². The van der Waals surface area contributed by atoms with Gasteiger partial charge in [-0.3, -0.25) is 4.79 Å². The van der Waals surface area contributed by atoms with E-state index < -0.39 is 0 Å². The smallest absolute Gasteiger partial charge is 0.230 e. The van der Waals surface area contributed by atoms with Gasteiger partial charge in [-0.1, -0.05) is 84.9 Å². The largest absolute Gasteiger partial charge is 0.375 e. The fourth-order valence-corrected chi connectivity index (χ4v) is 5.76. The first-order chi connectivity index (χ1) is 15.9. The second-order valence-electron chi connectivity index (χ2n) is 7.29. The molecule has 2 heterocycles. The Balaban J connectivity index is 1.43. The van der Waals surface area contributed by atoms with E-state index in [0.29, 0.717) is 10.3 Å². The van der Waals surface area contributed by atoms with E-state index in [2.05, 4.69) is 42.2 Å². The molecule has 3 aromatic carbocycles. The quantitative estimate of drug-likeness (QED) is 0.221. The van der Waals surface area contributed by atoms with Crippen LogP contribution in [0.5, 0.6) is 0 Å². The molecule has 0 aliphatic rings. The number of nitrogens with one attached hydrogen (secondary N) is 1. The Hall–Kier alpha value is -2.59. The fraction of sp³-hybridized carbons (Fsp3) is 0.0417. The van der Waals surface area contributed by atoms with Crippen LogP contribution in [0.4, 0.5) is 10.3 Å². The second kappa shape index (κ2) is 9.34. The highest BCUT2D eigenvalue weighted by atomic mass is 79.9. The van der Waals surface area contributed by atoms with E-state index in [0.717, 1.165) is 46.4 Å². The number of thiazole rings is 2. The van der Waals surface area contributed by atoms with Gasteiger partial charge in [0.25, 0.3) is 0 Å². The lowest BCUT2D eigenvalue weighted by molar-refractivity contribution is -0.115. The van der Waals surface area contributed by atoms with Crippen molar-refractivity contribution in [1.29, 1.82) is 0 Å². The average molecular weight is 600 g/mol. The fourth-order valence-electron chi connectivity index (χ4n) is 3.42. The van der Waals surface area contributed by atoms with Crippen molar-refractivity contribution in [3.8, 4) is 21.7 Å². The number of carbonyl (C=O) groups is 1. The lowest BCUT2D eigenvalue weighted by atomic mass is 10.1. The Bertz CT molecular complexity index is 1400. The predicted octanol–water partition coefficient (Wildman–Crippen LogP) is 7.38. The summed E-state index contributed by atoms with van der Waals surface area (Å²) < 4.78 is 2.98. The molecule has 164 valence electrons. The Morgan fingerprint density at radius 2 is 1.55 bits per heavy atom. The summed E-state index contributed by atoms with van der Waals surface area (Å²) in [5.41, 5.74) is 10.4. The summed E-state index contributed by atoms with van der Waals surface area (Å²) in [6.45, 7) is 0. The van der Waals surface area contributed by atoms with Crippen molar-refractivity contribution < 1.29 is 4.79 Å². The number of hydrogen-bond acceptors (Lipinski definition) is 6. The van der Waals surface area contributed by atoms with Crippen LogP contribution < -0.4 is 11.1 Å². The molecule has 0 atom stereocenters. The van der Waals surface area contributed by atoms with Gasteiger partial charge in [-0.2, -0.15) is 0 Å². The van der Waals surface area contributed by atoms with Gasteiger partial charge in [-0.15, -0.1) is 0 Å². The number of nitrogen functional groups attached to an aromatic ring is 1. The standard InChI is InChI=1S/C24H16Br2N4OS2/c25-16-6-2-14(3-7-16)21-22(15-4-8-17(26)9-5-15)33-24(30-21)29-20(31)12-13-1-10-18-19(11-13)32-23(27)28-18/h1-11H,12H2,(H2,27,28)(H,29,30,31). The van der Waals surface area contributed by atoms with Gasteiger partial charge < -0.3 is 11.1 Å². The summed E-state index contributed by atoms with van der Waals surface area (Å²) in [6, 6.07) is 21.9. The number of amides is 1. The lowest BCUT2D eigenvalue weighted by Gasteiger charge is -2.03. The highest BCUT2D eigenvalue weighted by Crippen LogP contribution is 2.39. The van der Waals surface area contributed by atoms with Gasteiger partial charge in [0.2, 0.25) is 5.91 Å². The molecule has 1 amide bonds. The minimum atomic E-state index is -0.120. The average Bonchev–Trinajstić information content (AvgIpc) is 3.37. The van der Waals surface area contributed by atoms with Crippen molar-refractivity contribution in [2.75, 3.05) is 11.1 Å². The molecule has 2 aromatic heterocycles. The van der Waals surface area contributed by atoms with Crippen LogP contribution in [0.3, 0.4) is 0 Å². The topological polar surface area (TPSA) is 80.9 Å². The van der Waals surface area contributed by atoms with Crippen LogP contribution in [0.2, 0.25) is 0 Å². The number of fused-ring (bicyclic) bond motifs is 1. The maximum atomic E-state index is 12.8. The van der Waals surface area contributed by atoms with Gasteiger partial charge in [-0.25, -0.2) is 9.97 Å². The first-order valence-corrected chi connectivity index (χ1v) is 13.1. The summed E-state index contributed by atoms with van der Waals surface area (Å²) in [5, 5.41) is 4.07. The number of rotatable bonds is 5. The summed E-state index contributed by atoms with van der Waals surface area (Å²) in [5.74, 6) is -0.120. The van der Waals surface area contributed by atoms with Crippen LogP contribution in [0, 0.1) is 0 Å². The zero-order chi connectivity index (χ0) is 22.9. The zero-order valence-electron chi connectivity index (χ0n) is 17.0. The van der Waals surface area contributed by atoms with E-state index in [1.165, 1.54) is 22.7 Å². The van der Waals surface area contributed by atoms with Crippen LogP contribution in [0.25, 0.3) is 31.9 Å². The summed E-state index contributed by atoms with van der Waals surface area (Å²) >= 11 is 9.86. The number of aromatic nitrogens is 2. The molecule has 0 bridgehead atoms. The number of carbonyl (C=O) groups excluding carboxylic acids is 1. The first-order valence-electron chi connectivity index (χ1n) is 9.92. The normalized spacial score (nSPS) is 11.1. The van der Waals surface area contributed by atoms with E-state index in [9.17, 15) is 4.79 Å². The Morgan fingerprint density at radius 1 is 0.879 bits per heavy atom. The molecule has 5 aromatic rings. The highest BCUT2D eigenvalue weighted by Gasteiger charge is 2.17. The maximum absolute atomic E-state index is 12.8. The Labute approximate surface area is 215 Å². The van der Waals surface area contributed by atoms with Crippen molar-refractivity contribution in [2.24, 2.45) is 0 Å². The molecule has 3 N–H and O–H groups in total. The number of halogens is 2. The first kappa shape index (κ1) is 22.2. The molecule has 0 saturated carbocycles. The number of nitrogens with two attached hydrogens (primary N) is 1. The minimum absolute atomic E-state index is 0.120. The highest BCUT2D eigenvalue weighted by molar-refractivity contribution is 9.10. The molecule has 5 nitrogen and oxygen atoms in total. The molecule has 9 heteroatoms. The summed E-state index contributed by atoms with van der Waals surface area (Å²) in [6.07, 6.45) is 0.245. The molecule has 0 aliphatic heterocycles. The van der Waals surface area contributed by atoms with Crippen molar-refractivity contribution in [3.63, 3.8) is 0 Å². The number of anilines is 2.